The highest BCUT2D eigenvalue weighted by molar-refractivity contribution is 6.30. The Labute approximate surface area is 116 Å². The van der Waals surface area contributed by atoms with Crippen molar-refractivity contribution >= 4 is 34.7 Å². The van der Waals surface area contributed by atoms with Gasteiger partial charge in [-0.2, -0.15) is 0 Å². The summed E-state index contributed by atoms with van der Waals surface area (Å²) in [6, 6.07) is 3.72. The van der Waals surface area contributed by atoms with Crippen LogP contribution in [0.4, 0.5) is 23.1 Å². The summed E-state index contributed by atoms with van der Waals surface area (Å²) in [4.78, 5) is 12.3. The lowest BCUT2D eigenvalue weighted by molar-refractivity contribution is 0.887. The largest absolute Gasteiger partial charge is 0.393 e. The molecule has 7 heteroatoms. The standard InChI is InChI=1S/C12H15ClN6/c1-7(2)18-11-10(14)12(17-6-16-11)19-9-4-3-8(13)5-15-9/h3-7H,14H2,1-2H3,(H2,15,16,17,18,19). The number of halogens is 1. The van der Waals surface area contributed by atoms with Crippen molar-refractivity contribution < 1.29 is 0 Å². The second kappa shape index (κ2) is 5.71. The minimum Gasteiger partial charge on any atom is -0.393 e. The van der Waals surface area contributed by atoms with E-state index in [2.05, 4.69) is 25.6 Å². The monoisotopic (exact) mass is 278 g/mol. The molecular formula is C12H15ClN6. The van der Waals surface area contributed by atoms with Crippen LogP contribution in [0.1, 0.15) is 13.8 Å². The fourth-order valence-corrected chi connectivity index (χ4v) is 1.57. The third-order valence-corrected chi connectivity index (χ3v) is 2.51. The second-order valence-electron chi connectivity index (χ2n) is 4.27. The Bertz CT molecular complexity index is 555. The van der Waals surface area contributed by atoms with Crippen molar-refractivity contribution in [2.75, 3.05) is 16.4 Å². The number of nitrogens with zero attached hydrogens (tertiary/aromatic N) is 3. The summed E-state index contributed by atoms with van der Waals surface area (Å²) < 4.78 is 0. The first-order valence-electron chi connectivity index (χ1n) is 5.82. The van der Waals surface area contributed by atoms with E-state index < -0.39 is 0 Å². The maximum Gasteiger partial charge on any atom is 0.160 e. The summed E-state index contributed by atoms with van der Waals surface area (Å²) >= 11 is 5.78. The number of hydrogen-bond donors (Lipinski definition) is 3. The molecule has 100 valence electrons. The molecule has 2 aromatic rings. The number of hydrogen-bond acceptors (Lipinski definition) is 6. The highest BCUT2D eigenvalue weighted by atomic mass is 35.5. The molecule has 0 spiro atoms. The quantitative estimate of drug-likeness (QED) is 0.797. The zero-order chi connectivity index (χ0) is 13.8. The maximum absolute atomic E-state index is 6.01. The molecule has 0 saturated carbocycles. The molecule has 4 N–H and O–H groups in total. The van der Waals surface area contributed by atoms with Gasteiger partial charge in [0.2, 0.25) is 0 Å². The number of pyridine rings is 1. The lowest BCUT2D eigenvalue weighted by atomic mass is 10.3. The van der Waals surface area contributed by atoms with Crippen LogP contribution in [0, 0.1) is 0 Å². The summed E-state index contributed by atoms with van der Waals surface area (Å²) in [7, 11) is 0. The lowest BCUT2D eigenvalue weighted by Gasteiger charge is -2.13. The highest BCUT2D eigenvalue weighted by Crippen LogP contribution is 2.25. The van der Waals surface area contributed by atoms with Crippen molar-refractivity contribution in [3.05, 3.63) is 29.7 Å². The fraction of sp³-hybridized carbons (Fsp3) is 0.250. The molecular weight excluding hydrogens is 264 g/mol. The molecule has 0 aliphatic carbocycles. The molecule has 19 heavy (non-hydrogen) atoms. The third-order valence-electron chi connectivity index (χ3n) is 2.28. The van der Waals surface area contributed by atoms with Crippen molar-refractivity contribution in [1.29, 1.82) is 0 Å². The van der Waals surface area contributed by atoms with Crippen LogP contribution in [0.2, 0.25) is 5.02 Å². The van der Waals surface area contributed by atoms with E-state index in [4.69, 9.17) is 17.3 Å². The molecule has 0 aliphatic heterocycles. The molecule has 2 heterocycles. The van der Waals surface area contributed by atoms with Gasteiger partial charge in [0.1, 0.15) is 17.8 Å². The van der Waals surface area contributed by atoms with E-state index in [9.17, 15) is 0 Å². The van der Waals surface area contributed by atoms with Crippen LogP contribution in [0.3, 0.4) is 0 Å². The second-order valence-corrected chi connectivity index (χ2v) is 4.71. The summed E-state index contributed by atoms with van der Waals surface area (Å²) in [5.41, 5.74) is 6.46. The van der Waals surface area contributed by atoms with E-state index in [1.54, 1.807) is 18.3 Å². The minimum absolute atomic E-state index is 0.235. The van der Waals surface area contributed by atoms with Gasteiger partial charge >= 0.3 is 0 Å². The normalized spacial score (nSPS) is 10.5. The average molecular weight is 279 g/mol. The van der Waals surface area contributed by atoms with Crippen molar-refractivity contribution in [2.24, 2.45) is 0 Å². The van der Waals surface area contributed by atoms with E-state index in [-0.39, 0.29) is 6.04 Å². The number of rotatable bonds is 4. The predicted octanol–water partition coefficient (Wildman–Crippen LogP) is 2.67. The van der Waals surface area contributed by atoms with Crippen molar-refractivity contribution in [3.63, 3.8) is 0 Å². The summed E-state index contributed by atoms with van der Waals surface area (Å²) in [5.74, 6) is 1.72. The molecule has 0 atom stereocenters. The molecule has 0 amide bonds. The Kier molecular flexibility index (Phi) is 4.01. The highest BCUT2D eigenvalue weighted by Gasteiger charge is 2.09. The smallest absolute Gasteiger partial charge is 0.160 e. The third kappa shape index (κ3) is 3.45. The first-order chi connectivity index (χ1) is 9.06. The lowest BCUT2D eigenvalue weighted by Crippen LogP contribution is -2.14. The van der Waals surface area contributed by atoms with Gasteiger partial charge in [-0.1, -0.05) is 11.6 Å². The zero-order valence-corrected chi connectivity index (χ0v) is 11.4. The summed E-state index contributed by atoms with van der Waals surface area (Å²) in [6.07, 6.45) is 2.99. The minimum atomic E-state index is 0.235. The number of anilines is 4. The van der Waals surface area contributed by atoms with Crippen molar-refractivity contribution in [2.45, 2.75) is 19.9 Å². The SMILES string of the molecule is CC(C)Nc1ncnc(Nc2ccc(Cl)cn2)c1N. The van der Waals surface area contributed by atoms with Gasteiger partial charge in [-0.3, -0.25) is 0 Å². The summed E-state index contributed by atoms with van der Waals surface area (Å²) in [5, 5.41) is 6.75. The molecule has 0 aliphatic rings. The Morgan fingerprint density at radius 2 is 1.89 bits per heavy atom. The van der Waals surface area contributed by atoms with Gasteiger partial charge in [0.15, 0.2) is 11.6 Å². The van der Waals surface area contributed by atoms with E-state index >= 15 is 0 Å². The molecule has 0 fully saturated rings. The molecule has 0 radical (unpaired) electrons. The average Bonchev–Trinajstić information content (AvgIpc) is 2.36. The molecule has 6 nitrogen and oxygen atoms in total. The maximum atomic E-state index is 6.01. The van der Waals surface area contributed by atoms with Gasteiger partial charge in [-0.05, 0) is 26.0 Å². The molecule has 0 saturated heterocycles. The first-order valence-corrected chi connectivity index (χ1v) is 6.19. The van der Waals surface area contributed by atoms with Crippen LogP contribution >= 0.6 is 11.6 Å². The van der Waals surface area contributed by atoms with Crippen LogP contribution in [-0.2, 0) is 0 Å². The Hall–Kier alpha value is -2.08. The number of nitrogens with two attached hydrogens (primary N) is 1. The van der Waals surface area contributed by atoms with Gasteiger partial charge in [0.25, 0.3) is 0 Å². The van der Waals surface area contributed by atoms with Crippen LogP contribution in [0.25, 0.3) is 0 Å². The molecule has 0 aromatic carbocycles. The zero-order valence-electron chi connectivity index (χ0n) is 10.7. The van der Waals surface area contributed by atoms with E-state index in [1.165, 1.54) is 6.33 Å². The Morgan fingerprint density at radius 1 is 1.16 bits per heavy atom. The molecule has 0 bridgehead atoms. The summed E-state index contributed by atoms with van der Waals surface area (Å²) in [6.45, 7) is 4.02. The van der Waals surface area contributed by atoms with Crippen LogP contribution < -0.4 is 16.4 Å². The van der Waals surface area contributed by atoms with Crippen LogP contribution in [0.15, 0.2) is 24.7 Å². The van der Waals surface area contributed by atoms with Crippen LogP contribution in [-0.4, -0.2) is 21.0 Å². The van der Waals surface area contributed by atoms with Gasteiger partial charge in [0.05, 0.1) is 5.02 Å². The van der Waals surface area contributed by atoms with E-state index in [0.717, 1.165) is 0 Å². The number of nitrogens with one attached hydrogen (secondary N) is 2. The van der Waals surface area contributed by atoms with Gasteiger partial charge in [-0.15, -0.1) is 0 Å². The number of nitrogen functional groups attached to an aromatic ring is 1. The fourth-order valence-electron chi connectivity index (χ4n) is 1.45. The Balaban J connectivity index is 2.23. The molecule has 2 rings (SSSR count). The Morgan fingerprint density at radius 3 is 2.53 bits per heavy atom. The van der Waals surface area contributed by atoms with Gasteiger partial charge < -0.3 is 16.4 Å². The topological polar surface area (TPSA) is 88.8 Å². The van der Waals surface area contributed by atoms with Crippen molar-refractivity contribution in [3.8, 4) is 0 Å². The van der Waals surface area contributed by atoms with Crippen LogP contribution in [0.5, 0.6) is 0 Å². The van der Waals surface area contributed by atoms with Crippen molar-refractivity contribution in [1.82, 2.24) is 15.0 Å². The molecule has 0 unspecified atom stereocenters. The van der Waals surface area contributed by atoms with E-state index in [0.29, 0.717) is 28.2 Å². The predicted molar refractivity (Wildman–Crippen MR) is 77.7 cm³/mol. The first kappa shape index (κ1) is 13.4. The van der Waals surface area contributed by atoms with E-state index in [1.807, 2.05) is 13.8 Å². The molecule has 2 aromatic heterocycles. The van der Waals surface area contributed by atoms with Gasteiger partial charge in [0, 0.05) is 12.2 Å². The van der Waals surface area contributed by atoms with Gasteiger partial charge in [-0.25, -0.2) is 15.0 Å². The number of aromatic nitrogens is 3.